The van der Waals surface area contributed by atoms with Crippen molar-refractivity contribution in [1.82, 2.24) is 0 Å². The average Bonchev–Trinajstić information content (AvgIpc) is 2.71. The molecular weight excluding hydrogens is 326 g/mol. The van der Waals surface area contributed by atoms with Crippen molar-refractivity contribution in [1.29, 1.82) is 0 Å². The molecule has 1 heterocycles. The zero-order valence-electron chi connectivity index (χ0n) is 13.9. The molecule has 3 rings (SSSR count). The van der Waals surface area contributed by atoms with Crippen molar-refractivity contribution >= 4 is 17.3 Å². The largest absolute Gasteiger partial charge is 0.488 e. The summed E-state index contributed by atoms with van der Waals surface area (Å²) in [6, 6.07) is 14.8. The number of amides is 1. The molecule has 132 valence electrons. The van der Waals surface area contributed by atoms with Crippen LogP contribution < -0.4 is 15.0 Å². The van der Waals surface area contributed by atoms with Crippen LogP contribution in [0, 0.1) is 5.92 Å². The SMILES string of the molecule is C[C@H]1CN(Cc2ccc(OCC(F)F)cc2)c2ccccc2NC1=O. The lowest BCUT2D eigenvalue weighted by Gasteiger charge is -2.25. The third-order valence-electron chi connectivity index (χ3n) is 4.12. The Morgan fingerprint density at radius 1 is 1.20 bits per heavy atom. The molecule has 1 aliphatic heterocycles. The highest BCUT2D eigenvalue weighted by atomic mass is 19.3. The van der Waals surface area contributed by atoms with E-state index < -0.39 is 13.0 Å². The highest BCUT2D eigenvalue weighted by molar-refractivity contribution is 5.97. The molecule has 0 bridgehead atoms. The van der Waals surface area contributed by atoms with Crippen LogP contribution in [-0.4, -0.2) is 25.5 Å². The Balaban J connectivity index is 1.76. The number of hydrogen-bond acceptors (Lipinski definition) is 3. The van der Waals surface area contributed by atoms with E-state index in [2.05, 4.69) is 10.2 Å². The number of fused-ring (bicyclic) bond motifs is 1. The van der Waals surface area contributed by atoms with Gasteiger partial charge in [0.1, 0.15) is 12.4 Å². The lowest BCUT2D eigenvalue weighted by atomic mass is 10.1. The molecule has 0 unspecified atom stereocenters. The van der Waals surface area contributed by atoms with Crippen LogP contribution in [0.25, 0.3) is 0 Å². The summed E-state index contributed by atoms with van der Waals surface area (Å²) in [7, 11) is 0. The number of rotatable bonds is 5. The van der Waals surface area contributed by atoms with E-state index in [9.17, 15) is 13.6 Å². The molecule has 0 aromatic heterocycles. The number of para-hydroxylation sites is 2. The van der Waals surface area contributed by atoms with Gasteiger partial charge in [-0.3, -0.25) is 4.79 Å². The maximum Gasteiger partial charge on any atom is 0.272 e. The molecule has 0 radical (unpaired) electrons. The Hall–Kier alpha value is -2.63. The summed E-state index contributed by atoms with van der Waals surface area (Å²) in [5.41, 5.74) is 2.78. The van der Waals surface area contributed by atoms with Crippen LogP contribution in [0.3, 0.4) is 0 Å². The molecule has 6 heteroatoms. The summed E-state index contributed by atoms with van der Waals surface area (Å²) in [5, 5.41) is 2.95. The van der Waals surface area contributed by atoms with Crippen LogP contribution >= 0.6 is 0 Å². The van der Waals surface area contributed by atoms with Crippen molar-refractivity contribution in [2.45, 2.75) is 19.9 Å². The Morgan fingerprint density at radius 2 is 1.92 bits per heavy atom. The number of carbonyl (C=O) groups excluding carboxylic acids is 1. The van der Waals surface area contributed by atoms with Crippen molar-refractivity contribution < 1.29 is 18.3 Å². The topological polar surface area (TPSA) is 41.6 Å². The second-order valence-corrected chi connectivity index (χ2v) is 6.13. The van der Waals surface area contributed by atoms with Gasteiger partial charge >= 0.3 is 0 Å². The quantitative estimate of drug-likeness (QED) is 0.892. The highest BCUT2D eigenvalue weighted by Gasteiger charge is 2.24. The summed E-state index contributed by atoms with van der Waals surface area (Å²) in [6.45, 7) is 2.51. The van der Waals surface area contributed by atoms with Gasteiger partial charge in [0.15, 0.2) is 0 Å². The molecule has 0 aliphatic carbocycles. The maximum absolute atomic E-state index is 12.2. The molecule has 1 atom stereocenters. The number of halogens is 2. The van der Waals surface area contributed by atoms with E-state index in [0.717, 1.165) is 16.9 Å². The number of hydrogen-bond donors (Lipinski definition) is 1. The molecule has 2 aromatic carbocycles. The second kappa shape index (κ2) is 7.51. The zero-order chi connectivity index (χ0) is 17.8. The van der Waals surface area contributed by atoms with E-state index in [0.29, 0.717) is 18.8 Å². The summed E-state index contributed by atoms with van der Waals surface area (Å²) < 4.78 is 29.4. The van der Waals surface area contributed by atoms with Gasteiger partial charge in [-0.05, 0) is 29.8 Å². The van der Waals surface area contributed by atoms with Crippen LogP contribution in [0.15, 0.2) is 48.5 Å². The van der Waals surface area contributed by atoms with Crippen molar-refractivity contribution in [3.63, 3.8) is 0 Å². The number of nitrogens with one attached hydrogen (secondary N) is 1. The van der Waals surface area contributed by atoms with E-state index in [1.165, 1.54) is 0 Å². The number of benzene rings is 2. The third-order valence-corrected chi connectivity index (χ3v) is 4.12. The predicted octanol–water partition coefficient (Wildman–Crippen LogP) is 3.93. The van der Waals surface area contributed by atoms with E-state index >= 15 is 0 Å². The van der Waals surface area contributed by atoms with Crippen molar-refractivity contribution in [2.75, 3.05) is 23.4 Å². The van der Waals surface area contributed by atoms with E-state index in [4.69, 9.17) is 4.74 Å². The second-order valence-electron chi connectivity index (χ2n) is 6.13. The number of anilines is 2. The first-order valence-corrected chi connectivity index (χ1v) is 8.17. The molecule has 4 nitrogen and oxygen atoms in total. The van der Waals surface area contributed by atoms with Crippen LogP contribution in [-0.2, 0) is 11.3 Å². The highest BCUT2D eigenvalue weighted by Crippen LogP contribution is 2.31. The number of carbonyl (C=O) groups is 1. The number of ether oxygens (including phenoxy) is 1. The summed E-state index contributed by atoms with van der Waals surface area (Å²) in [4.78, 5) is 14.3. The Bertz CT molecular complexity index is 734. The minimum absolute atomic E-state index is 0.00527. The van der Waals surface area contributed by atoms with Gasteiger partial charge in [-0.15, -0.1) is 0 Å². The molecule has 1 N–H and O–H groups in total. The van der Waals surface area contributed by atoms with Crippen LogP contribution in [0.4, 0.5) is 20.2 Å². The fraction of sp³-hybridized carbons (Fsp3) is 0.316. The predicted molar refractivity (Wildman–Crippen MR) is 93.2 cm³/mol. The third kappa shape index (κ3) is 4.26. The molecule has 0 spiro atoms. The van der Waals surface area contributed by atoms with E-state index in [-0.39, 0.29) is 11.8 Å². The normalized spacial score (nSPS) is 17.0. The molecule has 25 heavy (non-hydrogen) atoms. The standard InChI is InChI=1S/C19H20F2N2O2/c1-13-10-23(17-5-3-2-4-16(17)22-19(13)24)11-14-6-8-15(9-7-14)25-12-18(20)21/h2-9,13,18H,10-12H2,1H3,(H,22,24)/t13-/m0/s1. The summed E-state index contributed by atoms with van der Waals surface area (Å²) in [5.74, 6) is 0.289. The van der Waals surface area contributed by atoms with Gasteiger partial charge in [-0.2, -0.15) is 0 Å². The van der Waals surface area contributed by atoms with Gasteiger partial charge in [0.25, 0.3) is 6.43 Å². The lowest BCUT2D eigenvalue weighted by Crippen LogP contribution is -2.30. The number of nitrogens with zero attached hydrogens (tertiary/aromatic N) is 1. The zero-order valence-corrected chi connectivity index (χ0v) is 13.9. The minimum atomic E-state index is -2.49. The average molecular weight is 346 g/mol. The van der Waals surface area contributed by atoms with Gasteiger partial charge in [0, 0.05) is 13.1 Å². The van der Waals surface area contributed by atoms with Crippen molar-refractivity contribution in [3.8, 4) is 5.75 Å². The monoisotopic (exact) mass is 346 g/mol. The van der Waals surface area contributed by atoms with Gasteiger partial charge < -0.3 is 15.0 Å². The smallest absolute Gasteiger partial charge is 0.272 e. The fourth-order valence-electron chi connectivity index (χ4n) is 2.84. The molecule has 1 amide bonds. The first kappa shape index (κ1) is 17.2. The molecule has 0 saturated heterocycles. The van der Waals surface area contributed by atoms with Gasteiger partial charge in [0.05, 0.1) is 17.3 Å². The summed E-state index contributed by atoms with van der Waals surface area (Å²) in [6.07, 6.45) is -2.49. The Morgan fingerprint density at radius 3 is 2.64 bits per heavy atom. The lowest BCUT2D eigenvalue weighted by molar-refractivity contribution is -0.119. The number of alkyl halides is 2. The Kier molecular flexibility index (Phi) is 5.16. The van der Waals surface area contributed by atoms with Crippen LogP contribution in [0.2, 0.25) is 0 Å². The van der Waals surface area contributed by atoms with Gasteiger partial charge in [-0.25, -0.2) is 8.78 Å². The summed E-state index contributed by atoms with van der Waals surface area (Å²) >= 11 is 0. The van der Waals surface area contributed by atoms with E-state index in [1.807, 2.05) is 43.3 Å². The molecule has 1 aliphatic rings. The first-order chi connectivity index (χ1) is 12.0. The maximum atomic E-state index is 12.2. The van der Waals surface area contributed by atoms with Crippen LogP contribution in [0.1, 0.15) is 12.5 Å². The minimum Gasteiger partial charge on any atom is -0.488 e. The van der Waals surface area contributed by atoms with E-state index in [1.54, 1.807) is 12.1 Å². The van der Waals surface area contributed by atoms with Crippen molar-refractivity contribution in [2.24, 2.45) is 5.92 Å². The fourth-order valence-corrected chi connectivity index (χ4v) is 2.84. The van der Waals surface area contributed by atoms with Gasteiger partial charge in [0.2, 0.25) is 5.91 Å². The molecule has 2 aromatic rings. The Labute approximate surface area is 145 Å². The van der Waals surface area contributed by atoms with Crippen molar-refractivity contribution in [3.05, 3.63) is 54.1 Å². The van der Waals surface area contributed by atoms with Crippen LogP contribution in [0.5, 0.6) is 5.75 Å². The first-order valence-electron chi connectivity index (χ1n) is 8.17. The molecular formula is C19H20F2N2O2. The molecule has 0 fully saturated rings. The molecule has 0 saturated carbocycles. The van der Waals surface area contributed by atoms with Gasteiger partial charge in [-0.1, -0.05) is 31.2 Å².